The minimum absolute atomic E-state index is 0.267. The van der Waals surface area contributed by atoms with Gasteiger partial charge in [-0.3, -0.25) is 4.21 Å². The maximum absolute atomic E-state index is 11.0. The molecular formula is C5H9AlBNO2S. The van der Waals surface area contributed by atoms with Gasteiger partial charge in [0.1, 0.15) is 0 Å². The summed E-state index contributed by atoms with van der Waals surface area (Å²) in [7, 11) is 4.30. The van der Waals surface area contributed by atoms with E-state index >= 15 is 0 Å². The summed E-state index contributed by atoms with van der Waals surface area (Å²) in [4.78, 5) is 10.8. The van der Waals surface area contributed by atoms with Crippen molar-refractivity contribution in [2.75, 3.05) is 18.1 Å². The molecule has 3 nitrogen and oxygen atoms in total. The van der Waals surface area contributed by atoms with Gasteiger partial charge >= 0.3 is 16.5 Å². The van der Waals surface area contributed by atoms with Gasteiger partial charge in [0.05, 0.1) is 5.68 Å². The van der Waals surface area contributed by atoms with Crippen LogP contribution in [0, 0.1) is 0 Å². The minimum atomic E-state index is -0.832. The quantitative estimate of drug-likeness (QED) is 0.429. The van der Waals surface area contributed by atoms with E-state index in [0.29, 0.717) is 11.5 Å². The van der Waals surface area contributed by atoms with Crippen LogP contribution < -0.4 is 0 Å². The molecule has 0 aliphatic carbocycles. The van der Waals surface area contributed by atoms with Crippen molar-refractivity contribution in [3.05, 3.63) is 0 Å². The van der Waals surface area contributed by atoms with E-state index in [-0.39, 0.29) is 11.7 Å². The predicted octanol–water partition coefficient (Wildman–Crippen LogP) is -2.34. The van der Waals surface area contributed by atoms with Crippen LogP contribution in [-0.4, -0.2) is 62.2 Å². The van der Waals surface area contributed by atoms with Gasteiger partial charge in [-0.15, -0.1) is 0 Å². The van der Waals surface area contributed by atoms with Gasteiger partial charge in [0.25, 0.3) is 0 Å². The average Bonchev–Trinajstić information content (AvgIpc) is 1.94. The Bertz CT molecular complexity index is 201. The summed E-state index contributed by atoms with van der Waals surface area (Å²) in [6.45, 7) is 0.756. The zero-order valence-corrected chi connectivity index (χ0v) is 9.26. The Morgan fingerprint density at radius 1 is 1.73 bits per heavy atom. The van der Waals surface area contributed by atoms with Crippen molar-refractivity contribution in [2.24, 2.45) is 0 Å². The highest BCUT2D eigenvalue weighted by atomic mass is 32.2. The highest BCUT2D eigenvalue weighted by Crippen LogP contribution is 2.05. The second kappa shape index (κ2) is 3.86. The molecule has 0 amide bonds. The molecule has 0 aromatic carbocycles. The van der Waals surface area contributed by atoms with Gasteiger partial charge in [-0.05, 0) is 6.54 Å². The van der Waals surface area contributed by atoms with E-state index in [9.17, 15) is 9.00 Å². The molecule has 0 aromatic rings. The van der Waals surface area contributed by atoms with Crippen LogP contribution in [-0.2, 0) is 15.6 Å². The molecule has 1 aliphatic rings. The molecule has 6 heteroatoms. The summed E-state index contributed by atoms with van der Waals surface area (Å²) in [6, 6.07) is -0.267. The van der Waals surface area contributed by atoms with E-state index in [0.717, 1.165) is 23.1 Å². The van der Waals surface area contributed by atoms with E-state index in [1.807, 2.05) is 3.88 Å². The van der Waals surface area contributed by atoms with Crippen LogP contribution in [0.15, 0.2) is 0 Å². The van der Waals surface area contributed by atoms with E-state index in [4.69, 9.17) is 7.85 Å². The summed E-state index contributed by atoms with van der Waals surface area (Å²) < 4.78 is 13.0. The number of rotatable bonds is 1. The SMILES string of the molecule is [B]C(=O)C1CS(=O)CC[N]1[AlH2]. The molecule has 0 N–H and O–H groups in total. The predicted molar refractivity (Wildman–Crippen MR) is 47.7 cm³/mol. The van der Waals surface area contributed by atoms with Crippen LogP contribution in [0.25, 0.3) is 0 Å². The lowest BCUT2D eigenvalue weighted by Gasteiger charge is -2.31. The average molecular weight is 185 g/mol. The molecule has 2 unspecified atom stereocenters. The van der Waals surface area contributed by atoms with E-state index in [1.165, 1.54) is 0 Å². The lowest BCUT2D eigenvalue weighted by Crippen LogP contribution is -2.49. The Hall–Kier alpha value is 0.377. The maximum Gasteiger partial charge on any atom is 0.322 e. The Morgan fingerprint density at radius 2 is 2.36 bits per heavy atom. The molecule has 11 heavy (non-hydrogen) atoms. The lowest BCUT2D eigenvalue weighted by atomic mass is 9.96. The van der Waals surface area contributed by atoms with Gasteiger partial charge < -0.3 is 8.68 Å². The second-order valence-electron chi connectivity index (χ2n) is 2.71. The molecule has 1 heterocycles. The third-order valence-electron chi connectivity index (χ3n) is 1.88. The van der Waals surface area contributed by atoms with Gasteiger partial charge in [-0.2, -0.15) is 0 Å². The van der Waals surface area contributed by atoms with Crippen molar-refractivity contribution in [3.63, 3.8) is 0 Å². The van der Waals surface area contributed by atoms with E-state index in [2.05, 4.69) is 0 Å². The first-order valence-corrected chi connectivity index (χ1v) is 5.84. The number of carbonyl (C=O) groups excluding carboxylic acids is 1. The van der Waals surface area contributed by atoms with Crippen molar-refractivity contribution in [1.29, 1.82) is 0 Å². The summed E-state index contributed by atoms with van der Waals surface area (Å²) in [5, 5.41) is 0. The molecule has 1 saturated heterocycles. The number of hydrogen-bond donors (Lipinski definition) is 0. The van der Waals surface area contributed by atoms with Crippen molar-refractivity contribution in [1.82, 2.24) is 3.88 Å². The smallest absolute Gasteiger partial charge is 0.322 e. The van der Waals surface area contributed by atoms with E-state index < -0.39 is 10.8 Å². The van der Waals surface area contributed by atoms with Crippen LogP contribution in [0.2, 0.25) is 0 Å². The Balaban J connectivity index is 2.61. The fraction of sp³-hybridized carbons (Fsp3) is 0.800. The first-order chi connectivity index (χ1) is 5.11. The van der Waals surface area contributed by atoms with Gasteiger partial charge in [0.2, 0.25) is 0 Å². The second-order valence-corrected chi connectivity index (χ2v) is 5.48. The maximum atomic E-state index is 11.0. The molecule has 58 valence electrons. The van der Waals surface area contributed by atoms with Crippen molar-refractivity contribution >= 4 is 40.8 Å². The largest absolute Gasteiger partial charge is 0.381 e. The zero-order valence-electron chi connectivity index (χ0n) is 6.45. The fourth-order valence-electron chi connectivity index (χ4n) is 1.09. The summed E-state index contributed by atoms with van der Waals surface area (Å²) in [5.74, 6) is 1.12. The van der Waals surface area contributed by atoms with Gasteiger partial charge in [-0.1, -0.05) is 0 Å². The summed E-state index contributed by atoms with van der Waals surface area (Å²) >= 11 is 0.821. The summed E-state index contributed by atoms with van der Waals surface area (Å²) in [6.07, 6.45) is 0. The van der Waals surface area contributed by atoms with Gasteiger partial charge in [0.15, 0.2) is 7.85 Å². The van der Waals surface area contributed by atoms with Crippen LogP contribution >= 0.6 is 0 Å². The molecule has 2 atom stereocenters. The zero-order chi connectivity index (χ0) is 8.43. The Kier molecular flexibility index (Phi) is 3.32. The highest BCUT2D eigenvalue weighted by Gasteiger charge is 2.24. The van der Waals surface area contributed by atoms with Gasteiger partial charge in [0, 0.05) is 28.3 Å². The normalized spacial score (nSPS) is 33.5. The Labute approximate surface area is 78.0 Å². The van der Waals surface area contributed by atoms with Crippen molar-refractivity contribution < 1.29 is 9.00 Å². The van der Waals surface area contributed by atoms with Crippen LogP contribution in [0.4, 0.5) is 0 Å². The molecule has 0 spiro atoms. The standard InChI is InChI=1S/C5H7BNO2S.Al.2H/c6-5(8)4-3-10(9)2-1-7-4;;;/h4H,1-3H2;;;/q-1;+1;;. The van der Waals surface area contributed by atoms with Crippen LogP contribution in [0.1, 0.15) is 0 Å². The molecule has 0 bridgehead atoms. The first-order valence-electron chi connectivity index (χ1n) is 3.46. The third-order valence-corrected chi connectivity index (χ3v) is 4.27. The fourth-order valence-corrected chi connectivity index (χ4v) is 3.77. The van der Waals surface area contributed by atoms with Crippen molar-refractivity contribution in [2.45, 2.75) is 6.04 Å². The Morgan fingerprint density at radius 3 is 2.82 bits per heavy atom. The minimum Gasteiger partial charge on any atom is -0.381 e. The number of carbonyl (C=O) groups is 1. The summed E-state index contributed by atoms with van der Waals surface area (Å²) in [5.41, 5.74) is -0.340. The van der Waals surface area contributed by atoms with E-state index in [1.54, 1.807) is 0 Å². The number of hydrogen-bond acceptors (Lipinski definition) is 3. The van der Waals surface area contributed by atoms with Crippen molar-refractivity contribution in [3.8, 4) is 0 Å². The topological polar surface area (TPSA) is 37.4 Å². The monoisotopic (exact) mass is 185 g/mol. The van der Waals surface area contributed by atoms with Crippen LogP contribution in [0.3, 0.4) is 0 Å². The van der Waals surface area contributed by atoms with Gasteiger partial charge in [-0.25, -0.2) is 0 Å². The molecule has 1 aliphatic heterocycles. The molecule has 0 aromatic heterocycles. The molecule has 1 fully saturated rings. The lowest BCUT2D eigenvalue weighted by molar-refractivity contribution is -0.114. The molecule has 2 radical (unpaired) electrons. The molecular weight excluding hydrogens is 176 g/mol. The van der Waals surface area contributed by atoms with Crippen LogP contribution in [0.5, 0.6) is 0 Å². The molecule has 0 saturated carbocycles. The first kappa shape index (κ1) is 9.47. The molecule has 1 rings (SSSR count). The highest BCUT2D eigenvalue weighted by molar-refractivity contribution is 7.85. The third kappa shape index (κ3) is 2.41. The number of nitrogens with zero attached hydrogens (tertiary/aromatic N) is 1.